The van der Waals surface area contributed by atoms with E-state index in [0.717, 1.165) is 0 Å². The number of hydrogen-bond donors (Lipinski definition) is 1. The van der Waals surface area contributed by atoms with Crippen molar-refractivity contribution in [2.45, 2.75) is 39.3 Å². The van der Waals surface area contributed by atoms with Crippen LogP contribution in [0.2, 0.25) is 0 Å². The van der Waals surface area contributed by atoms with E-state index in [1.54, 1.807) is 7.11 Å². The van der Waals surface area contributed by atoms with Crippen molar-refractivity contribution in [1.82, 2.24) is 0 Å². The van der Waals surface area contributed by atoms with Crippen molar-refractivity contribution >= 4 is 11.4 Å². The summed E-state index contributed by atoms with van der Waals surface area (Å²) in [6.07, 6.45) is 0. The molecule has 1 atom stereocenters. The van der Waals surface area contributed by atoms with Crippen LogP contribution in [0.25, 0.3) is 0 Å². The van der Waals surface area contributed by atoms with Gasteiger partial charge in [0.1, 0.15) is 0 Å². The summed E-state index contributed by atoms with van der Waals surface area (Å²) in [6.45, 7) is 8.45. The first-order chi connectivity index (χ1) is 8.27. The monoisotopic (exact) mass is 250 g/mol. The van der Waals surface area contributed by atoms with Crippen molar-refractivity contribution < 1.29 is 4.74 Å². The summed E-state index contributed by atoms with van der Waals surface area (Å²) in [5.74, 6) is 0. The fourth-order valence-electron chi connectivity index (χ4n) is 1.67. The highest BCUT2D eigenvalue weighted by Gasteiger charge is 2.25. The van der Waals surface area contributed by atoms with Crippen molar-refractivity contribution in [2.24, 2.45) is 0 Å². The molecule has 0 spiro atoms. The Labute approximate surface area is 111 Å². The van der Waals surface area contributed by atoms with Crippen LogP contribution >= 0.6 is 0 Å². The van der Waals surface area contributed by atoms with E-state index in [2.05, 4.69) is 70.2 Å². The number of nitrogens with one attached hydrogen (secondary N) is 1. The molecule has 1 aromatic carbocycles. The Bertz CT molecular complexity index is 399. The Kier molecular flexibility index (Phi) is 4.63. The maximum atomic E-state index is 5.50. The predicted molar refractivity (Wildman–Crippen MR) is 79.7 cm³/mol. The second kappa shape index (κ2) is 5.61. The van der Waals surface area contributed by atoms with E-state index in [9.17, 15) is 0 Å². The molecule has 0 aliphatic rings. The molecular weight excluding hydrogens is 224 g/mol. The number of benzene rings is 1. The van der Waals surface area contributed by atoms with Gasteiger partial charge >= 0.3 is 0 Å². The Morgan fingerprint density at radius 1 is 1.28 bits per heavy atom. The smallest absolute Gasteiger partial charge is 0.0820 e. The van der Waals surface area contributed by atoms with Crippen molar-refractivity contribution in [3.05, 3.63) is 23.8 Å². The number of methoxy groups -OCH3 is 1. The van der Waals surface area contributed by atoms with Crippen molar-refractivity contribution in [2.75, 3.05) is 31.4 Å². The Morgan fingerprint density at radius 2 is 1.89 bits per heavy atom. The van der Waals surface area contributed by atoms with Gasteiger partial charge in [0.05, 0.1) is 11.6 Å². The van der Waals surface area contributed by atoms with Gasteiger partial charge in [-0.15, -0.1) is 0 Å². The minimum atomic E-state index is -0.188. The maximum Gasteiger partial charge on any atom is 0.0820 e. The van der Waals surface area contributed by atoms with Crippen LogP contribution in [0.15, 0.2) is 18.2 Å². The van der Waals surface area contributed by atoms with E-state index in [1.807, 2.05) is 0 Å². The van der Waals surface area contributed by atoms with Gasteiger partial charge in [0.2, 0.25) is 0 Å². The summed E-state index contributed by atoms with van der Waals surface area (Å²) in [7, 11) is 5.86. The first-order valence-electron chi connectivity index (χ1n) is 6.37. The molecule has 0 aliphatic heterocycles. The summed E-state index contributed by atoms with van der Waals surface area (Å²) < 4.78 is 5.50. The molecule has 1 unspecified atom stereocenters. The maximum absolute atomic E-state index is 5.50. The molecule has 1 aromatic rings. The molecule has 0 fully saturated rings. The highest BCUT2D eigenvalue weighted by atomic mass is 16.5. The minimum absolute atomic E-state index is 0.188. The zero-order chi connectivity index (χ0) is 13.9. The number of rotatable bonds is 5. The molecule has 0 aliphatic carbocycles. The minimum Gasteiger partial charge on any atom is -0.379 e. The lowest BCUT2D eigenvalue weighted by molar-refractivity contribution is 0.0107. The topological polar surface area (TPSA) is 24.5 Å². The number of hydrogen-bond acceptors (Lipinski definition) is 3. The summed E-state index contributed by atoms with van der Waals surface area (Å²) in [5.41, 5.74) is 3.45. The molecule has 1 rings (SSSR count). The van der Waals surface area contributed by atoms with Crippen molar-refractivity contribution in [1.29, 1.82) is 0 Å². The van der Waals surface area contributed by atoms with Crippen LogP contribution < -0.4 is 10.2 Å². The highest BCUT2D eigenvalue weighted by Crippen LogP contribution is 2.24. The predicted octanol–water partition coefficient (Wildman–Crippen LogP) is 3.29. The van der Waals surface area contributed by atoms with Crippen LogP contribution in [0, 0.1) is 6.92 Å². The first-order valence-corrected chi connectivity index (χ1v) is 6.37. The van der Waals surface area contributed by atoms with Gasteiger partial charge in [0.15, 0.2) is 0 Å². The molecule has 0 radical (unpaired) electrons. The second-order valence-corrected chi connectivity index (χ2v) is 5.57. The third-order valence-corrected chi connectivity index (χ3v) is 3.67. The third kappa shape index (κ3) is 3.39. The number of aryl methyl sites for hydroxylation is 1. The van der Waals surface area contributed by atoms with Gasteiger partial charge in [-0.1, -0.05) is 0 Å². The zero-order valence-corrected chi connectivity index (χ0v) is 12.7. The number of anilines is 2. The van der Waals surface area contributed by atoms with Crippen LogP contribution in [0.4, 0.5) is 11.4 Å². The summed E-state index contributed by atoms with van der Waals surface area (Å²) in [5, 5.41) is 3.52. The lowest BCUT2D eigenvalue weighted by Crippen LogP contribution is -2.41. The van der Waals surface area contributed by atoms with Crippen LogP contribution in [0.5, 0.6) is 0 Å². The van der Waals surface area contributed by atoms with Crippen LogP contribution in [-0.4, -0.2) is 32.8 Å². The molecule has 3 heteroatoms. The highest BCUT2D eigenvalue weighted by molar-refractivity contribution is 5.60. The van der Waals surface area contributed by atoms with Crippen molar-refractivity contribution in [3.8, 4) is 0 Å². The van der Waals surface area contributed by atoms with Crippen LogP contribution in [0.1, 0.15) is 26.3 Å². The molecule has 0 bridgehead atoms. The molecule has 0 amide bonds. The first kappa shape index (κ1) is 14.8. The van der Waals surface area contributed by atoms with Crippen LogP contribution in [-0.2, 0) is 4.74 Å². The van der Waals surface area contributed by atoms with Crippen molar-refractivity contribution in [3.63, 3.8) is 0 Å². The Balaban J connectivity index is 2.86. The fraction of sp³-hybridized carbons (Fsp3) is 0.600. The second-order valence-electron chi connectivity index (χ2n) is 5.57. The van der Waals surface area contributed by atoms with Crippen LogP contribution in [0.3, 0.4) is 0 Å². The van der Waals surface area contributed by atoms with Gasteiger partial charge in [-0.2, -0.15) is 0 Å². The lowest BCUT2D eigenvalue weighted by Gasteiger charge is -2.32. The van der Waals surface area contributed by atoms with E-state index in [4.69, 9.17) is 4.74 Å². The molecule has 102 valence electrons. The fourth-order valence-corrected chi connectivity index (χ4v) is 1.67. The Hall–Kier alpha value is -1.22. The quantitative estimate of drug-likeness (QED) is 0.868. The SMILES string of the molecule is COC(C)(C)C(C)Nc1ccc(N(C)C)cc1C. The van der Waals surface area contributed by atoms with E-state index < -0.39 is 0 Å². The molecule has 0 saturated heterocycles. The van der Waals surface area contributed by atoms with E-state index in [0.29, 0.717) is 0 Å². The molecule has 0 saturated carbocycles. The zero-order valence-electron chi connectivity index (χ0n) is 12.7. The van der Waals surface area contributed by atoms with E-state index in [1.165, 1.54) is 16.9 Å². The molecule has 18 heavy (non-hydrogen) atoms. The summed E-state index contributed by atoms with van der Waals surface area (Å²) >= 11 is 0. The van der Waals surface area contributed by atoms with E-state index in [-0.39, 0.29) is 11.6 Å². The Morgan fingerprint density at radius 3 is 2.33 bits per heavy atom. The number of nitrogens with zero attached hydrogens (tertiary/aromatic N) is 1. The van der Waals surface area contributed by atoms with Gasteiger partial charge in [-0.05, 0) is 51.5 Å². The molecule has 0 heterocycles. The van der Waals surface area contributed by atoms with Gasteiger partial charge in [0, 0.05) is 32.6 Å². The number of ether oxygens (including phenoxy) is 1. The largest absolute Gasteiger partial charge is 0.379 e. The standard InChI is InChI=1S/C15H26N2O/c1-11-10-13(17(5)6)8-9-14(11)16-12(2)15(3,4)18-7/h8-10,12,16H,1-7H3. The van der Waals surface area contributed by atoms with Gasteiger partial charge in [-0.25, -0.2) is 0 Å². The molecule has 3 nitrogen and oxygen atoms in total. The average molecular weight is 250 g/mol. The summed E-state index contributed by atoms with van der Waals surface area (Å²) in [4.78, 5) is 2.11. The van der Waals surface area contributed by atoms with Gasteiger partial charge in [-0.3, -0.25) is 0 Å². The third-order valence-electron chi connectivity index (χ3n) is 3.67. The normalized spacial score (nSPS) is 13.3. The molecule has 1 N–H and O–H groups in total. The molecule has 0 aromatic heterocycles. The van der Waals surface area contributed by atoms with Gasteiger partial charge in [0.25, 0.3) is 0 Å². The van der Waals surface area contributed by atoms with E-state index >= 15 is 0 Å². The van der Waals surface area contributed by atoms with Gasteiger partial charge < -0.3 is 15.0 Å². The summed E-state index contributed by atoms with van der Waals surface area (Å²) in [6, 6.07) is 6.69. The average Bonchev–Trinajstić information content (AvgIpc) is 2.31. The lowest BCUT2D eigenvalue weighted by atomic mass is 9.99. The molecular formula is C15H26N2O.